The molecule has 0 aromatic carbocycles. The van der Waals surface area contributed by atoms with Crippen molar-refractivity contribution in [1.29, 1.82) is 0 Å². The van der Waals surface area contributed by atoms with Gasteiger partial charge in [0, 0.05) is 18.7 Å². The summed E-state index contributed by atoms with van der Waals surface area (Å²) in [6.45, 7) is 4.68. The van der Waals surface area contributed by atoms with Gasteiger partial charge in [-0.2, -0.15) is 0 Å². The lowest BCUT2D eigenvalue weighted by molar-refractivity contribution is 0.0453. The second kappa shape index (κ2) is 5.48. The molecule has 2 saturated heterocycles. The SMILES string of the molecule is CNC1CCC(N2CCC3(CCOC3)CC2)CC1. The van der Waals surface area contributed by atoms with Crippen LogP contribution in [0, 0.1) is 5.41 Å². The van der Waals surface area contributed by atoms with Gasteiger partial charge in [0.25, 0.3) is 0 Å². The molecule has 0 bridgehead atoms. The molecular formula is C15H28N2O. The maximum Gasteiger partial charge on any atom is 0.0524 e. The third-order valence-electron chi connectivity index (χ3n) is 5.67. The van der Waals surface area contributed by atoms with E-state index in [0.717, 1.165) is 25.3 Å². The number of likely N-dealkylation sites (tertiary alicyclic amines) is 1. The largest absolute Gasteiger partial charge is 0.381 e. The highest BCUT2D eigenvalue weighted by molar-refractivity contribution is 4.92. The van der Waals surface area contributed by atoms with Crippen LogP contribution in [0.3, 0.4) is 0 Å². The number of rotatable bonds is 2. The maximum atomic E-state index is 5.62. The molecular weight excluding hydrogens is 224 g/mol. The third kappa shape index (κ3) is 2.59. The highest BCUT2D eigenvalue weighted by Gasteiger charge is 2.39. The van der Waals surface area contributed by atoms with Gasteiger partial charge >= 0.3 is 0 Å². The van der Waals surface area contributed by atoms with Gasteiger partial charge in [-0.05, 0) is 70.5 Å². The van der Waals surface area contributed by atoms with Crippen LogP contribution in [0.4, 0.5) is 0 Å². The molecule has 2 aliphatic heterocycles. The van der Waals surface area contributed by atoms with Crippen molar-refractivity contribution in [1.82, 2.24) is 10.2 Å². The summed E-state index contributed by atoms with van der Waals surface area (Å²) in [5, 5.41) is 3.43. The molecule has 1 saturated carbocycles. The van der Waals surface area contributed by atoms with Crippen molar-refractivity contribution in [3.05, 3.63) is 0 Å². The number of nitrogens with one attached hydrogen (secondary N) is 1. The van der Waals surface area contributed by atoms with Crippen molar-refractivity contribution in [3.8, 4) is 0 Å². The molecule has 104 valence electrons. The molecule has 3 nitrogen and oxygen atoms in total. The van der Waals surface area contributed by atoms with Crippen LogP contribution in [0.1, 0.15) is 44.9 Å². The van der Waals surface area contributed by atoms with E-state index in [-0.39, 0.29) is 0 Å². The predicted molar refractivity (Wildman–Crippen MR) is 73.8 cm³/mol. The van der Waals surface area contributed by atoms with E-state index in [4.69, 9.17) is 4.74 Å². The molecule has 0 aromatic rings. The second-order valence-electron chi connectivity index (χ2n) is 6.63. The van der Waals surface area contributed by atoms with Crippen LogP contribution >= 0.6 is 0 Å². The van der Waals surface area contributed by atoms with Crippen molar-refractivity contribution in [3.63, 3.8) is 0 Å². The Balaban J connectivity index is 1.48. The number of hydrogen-bond donors (Lipinski definition) is 1. The van der Waals surface area contributed by atoms with Gasteiger partial charge < -0.3 is 15.0 Å². The van der Waals surface area contributed by atoms with Gasteiger partial charge in [0.1, 0.15) is 0 Å². The first-order chi connectivity index (χ1) is 8.81. The molecule has 1 aliphatic carbocycles. The first-order valence-corrected chi connectivity index (χ1v) is 7.80. The van der Waals surface area contributed by atoms with Crippen LogP contribution in [0.15, 0.2) is 0 Å². The zero-order valence-electron chi connectivity index (χ0n) is 11.8. The quantitative estimate of drug-likeness (QED) is 0.814. The first-order valence-electron chi connectivity index (χ1n) is 7.80. The van der Waals surface area contributed by atoms with E-state index in [1.165, 1.54) is 58.0 Å². The molecule has 0 unspecified atom stereocenters. The molecule has 3 rings (SSSR count). The Morgan fingerprint density at radius 3 is 2.33 bits per heavy atom. The van der Waals surface area contributed by atoms with E-state index in [2.05, 4.69) is 17.3 Å². The van der Waals surface area contributed by atoms with Gasteiger partial charge in [0.2, 0.25) is 0 Å². The summed E-state index contributed by atoms with van der Waals surface area (Å²) in [7, 11) is 2.11. The van der Waals surface area contributed by atoms with Crippen LogP contribution in [-0.4, -0.2) is 50.3 Å². The summed E-state index contributed by atoms with van der Waals surface area (Å²) in [5.74, 6) is 0. The Kier molecular flexibility index (Phi) is 3.92. The summed E-state index contributed by atoms with van der Waals surface area (Å²) in [6.07, 6.45) is 9.59. The molecule has 0 aromatic heterocycles. The van der Waals surface area contributed by atoms with Crippen LogP contribution in [0.25, 0.3) is 0 Å². The Morgan fingerprint density at radius 2 is 1.78 bits per heavy atom. The summed E-state index contributed by atoms with van der Waals surface area (Å²) in [6, 6.07) is 1.65. The normalized spacial score (nSPS) is 37.2. The van der Waals surface area contributed by atoms with Gasteiger partial charge in [-0.15, -0.1) is 0 Å². The molecule has 1 N–H and O–H groups in total. The Labute approximate surface area is 111 Å². The molecule has 1 spiro atoms. The second-order valence-corrected chi connectivity index (χ2v) is 6.63. The van der Waals surface area contributed by atoms with Gasteiger partial charge in [-0.3, -0.25) is 0 Å². The van der Waals surface area contributed by atoms with Crippen LogP contribution in [0.2, 0.25) is 0 Å². The topological polar surface area (TPSA) is 24.5 Å². The van der Waals surface area contributed by atoms with Gasteiger partial charge in [-0.1, -0.05) is 0 Å². The fraction of sp³-hybridized carbons (Fsp3) is 1.00. The van der Waals surface area contributed by atoms with Gasteiger partial charge in [0.05, 0.1) is 6.61 Å². The number of piperidine rings is 1. The fourth-order valence-corrected chi connectivity index (χ4v) is 4.14. The van der Waals surface area contributed by atoms with Gasteiger partial charge in [-0.25, -0.2) is 0 Å². The Hall–Kier alpha value is -0.120. The molecule has 18 heavy (non-hydrogen) atoms. The Bertz CT molecular complexity index is 258. The molecule has 2 heterocycles. The molecule has 3 heteroatoms. The summed E-state index contributed by atoms with van der Waals surface area (Å²) >= 11 is 0. The minimum absolute atomic E-state index is 0.568. The van der Waals surface area contributed by atoms with Gasteiger partial charge in [0.15, 0.2) is 0 Å². The lowest BCUT2D eigenvalue weighted by Gasteiger charge is -2.44. The first kappa shape index (κ1) is 12.9. The highest BCUT2D eigenvalue weighted by Crippen LogP contribution is 2.40. The van der Waals surface area contributed by atoms with Crippen molar-refractivity contribution in [2.45, 2.75) is 57.0 Å². The molecule has 3 fully saturated rings. The highest BCUT2D eigenvalue weighted by atomic mass is 16.5. The van der Waals surface area contributed by atoms with E-state index < -0.39 is 0 Å². The number of nitrogens with zero attached hydrogens (tertiary/aromatic N) is 1. The smallest absolute Gasteiger partial charge is 0.0524 e. The van der Waals surface area contributed by atoms with E-state index in [1.807, 2.05) is 0 Å². The van der Waals surface area contributed by atoms with E-state index in [1.54, 1.807) is 0 Å². The van der Waals surface area contributed by atoms with E-state index >= 15 is 0 Å². The molecule has 0 radical (unpaired) electrons. The predicted octanol–water partition coefficient (Wildman–Crippen LogP) is 2.02. The zero-order chi connectivity index (χ0) is 12.4. The van der Waals surface area contributed by atoms with Crippen molar-refractivity contribution >= 4 is 0 Å². The standard InChI is InChI=1S/C15H28N2O/c1-16-13-2-4-14(5-3-13)17-9-6-15(7-10-17)8-11-18-12-15/h13-14,16H,2-12H2,1H3. The number of hydrogen-bond acceptors (Lipinski definition) is 3. The van der Waals surface area contributed by atoms with Crippen LogP contribution < -0.4 is 5.32 Å². The van der Waals surface area contributed by atoms with Crippen molar-refractivity contribution in [2.24, 2.45) is 5.41 Å². The average molecular weight is 252 g/mol. The monoisotopic (exact) mass is 252 g/mol. The van der Waals surface area contributed by atoms with E-state index in [9.17, 15) is 0 Å². The third-order valence-corrected chi connectivity index (χ3v) is 5.67. The van der Waals surface area contributed by atoms with Crippen LogP contribution in [-0.2, 0) is 4.74 Å². The summed E-state index contributed by atoms with van der Waals surface area (Å²) < 4.78 is 5.62. The Morgan fingerprint density at radius 1 is 1.06 bits per heavy atom. The zero-order valence-corrected chi connectivity index (χ0v) is 11.8. The van der Waals surface area contributed by atoms with E-state index in [0.29, 0.717) is 5.41 Å². The van der Waals surface area contributed by atoms with Crippen molar-refractivity contribution in [2.75, 3.05) is 33.4 Å². The summed E-state index contributed by atoms with van der Waals surface area (Å²) in [5.41, 5.74) is 0.568. The lowest BCUT2D eigenvalue weighted by atomic mass is 9.77. The van der Waals surface area contributed by atoms with Crippen molar-refractivity contribution < 1.29 is 4.74 Å². The molecule has 3 aliphatic rings. The number of ether oxygens (including phenoxy) is 1. The fourth-order valence-electron chi connectivity index (χ4n) is 4.14. The summed E-state index contributed by atoms with van der Waals surface area (Å²) in [4.78, 5) is 2.77. The average Bonchev–Trinajstić information content (AvgIpc) is 2.88. The molecule has 0 amide bonds. The maximum absolute atomic E-state index is 5.62. The van der Waals surface area contributed by atoms with Crippen LogP contribution in [0.5, 0.6) is 0 Å². The minimum Gasteiger partial charge on any atom is -0.381 e. The molecule has 0 atom stereocenters. The lowest BCUT2D eigenvalue weighted by Crippen LogP contribution is -2.48. The minimum atomic E-state index is 0.568.